The van der Waals surface area contributed by atoms with E-state index in [9.17, 15) is 0 Å². The predicted octanol–water partition coefficient (Wildman–Crippen LogP) is 3.51. The Morgan fingerprint density at radius 2 is 1.89 bits per heavy atom. The van der Waals surface area contributed by atoms with Gasteiger partial charge in [-0.2, -0.15) is 0 Å². The second kappa shape index (κ2) is 9.47. The molecule has 0 saturated carbocycles. The molecule has 3 heterocycles. The lowest BCUT2D eigenvalue weighted by atomic mass is 10.1. The smallest absolute Gasteiger partial charge is 0.191 e. The topological polar surface area (TPSA) is 73.5 Å². The number of pyridine rings is 1. The van der Waals surface area contributed by atoms with Crippen molar-refractivity contribution in [2.45, 2.75) is 6.42 Å². The van der Waals surface area contributed by atoms with Crippen molar-refractivity contribution >= 4 is 58.3 Å². The van der Waals surface area contributed by atoms with Crippen LogP contribution in [0.2, 0.25) is 5.02 Å². The van der Waals surface area contributed by atoms with Gasteiger partial charge in [0.2, 0.25) is 0 Å². The Balaban J connectivity index is 0.00000225. The van der Waals surface area contributed by atoms with E-state index < -0.39 is 0 Å². The first kappa shape index (κ1) is 20.7. The summed E-state index contributed by atoms with van der Waals surface area (Å²) in [6.07, 6.45) is 4.65. The summed E-state index contributed by atoms with van der Waals surface area (Å²) in [6.45, 7) is 4.26. The minimum absolute atomic E-state index is 0. The van der Waals surface area contributed by atoms with Crippen LogP contribution in [0.25, 0.3) is 11.0 Å². The number of aromatic amines is 1. The third kappa shape index (κ3) is 4.70. The van der Waals surface area contributed by atoms with Crippen molar-refractivity contribution in [3.05, 3.63) is 59.4 Å². The number of fused-ring (bicyclic) bond motifs is 1. The van der Waals surface area contributed by atoms with E-state index in [-0.39, 0.29) is 24.0 Å². The molecule has 0 aliphatic carbocycles. The van der Waals surface area contributed by atoms with Crippen LogP contribution in [-0.4, -0.2) is 53.6 Å². The summed E-state index contributed by atoms with van der Waals surface area (Å²) in [4.78, 5) is 16.6. The van der Waals surface area contributed by atoms with Crippen LogP contribution < -0.4 is 10.6 Å². The Morgan fingerprint density at radius 1 is 1.14 bits per heavy atom. The maximum atomic E-state index is 6.22. The number of guanidine groups is 1. The number of H-pyrrole nitrogens is 1. The van der Waals surface area contributed by atoms with Gasteiger partial charge in [0.05, 0.1) is 0 Å². The van der Waals surface area contributed by atoms with E-state index in [2.05, 4.69) is 43.0 Å². The van der Waals surface area contributed by atoms with Crippen molar-refractivity contribution in [2.75, 3.05) is 37.6 Å². The molecule has 4 rings (SSSR count). The average Bonchev–Trinajstić information content (AvgIpc) is 3.12. The van der Waals surface area contributed by atoms with E-state index in [1.807, 2.05) is 24.4 Å². The molecule has 1 aliphatic rings. The summed E-state index contributed by atoms with van der Waals surface area (Å²) in [6, 6.07) is 12.0. The molecule has 6 nitrogen and oxygen atoms in total. The van der Waals surface area contributed by atoms with Crippen LogP contribution in [-0.2, 0) is 6.42 Å². The molecule has 0 bridgehead atoms. The molecule has 148 valence electrons. The Kier molecular flexibility index (Phi) is 7.01. The second-order valence-corrected chi connectivity index (χ2v) is 7.09. The largest absolute Gasteiger partial charge is 0.370 e. The molecule has 2 aromatic heterocycles. The van der Waals surface area contributed by atoms with E-state index in [1.165, 1.54) is 11.3 Å². The lowest BCUT2D eigenvalue weighted by Gasteiger charge is -2.36. The van der Waals surface area contributed by atoms with Crippen LogP contribution in [0.1, 0.15) is 5.56 Å². The Labute approximate surface area is 186 Å². The van der Waals surface area contributed by atoms with Gasteiger partial charge < -0.3 is 20.5 Å². The number of halogens is 2. The number of aromatic nitrogens is 2. The number of nitrogens with two attached hydrogens (primary N) is 1. The Bertz CT molecular complexity index is 931. The van der Waals surface area contributed by atoms with Gasteiger partial charge in [0.1, 0.15) is 5.65 Å². The molecule has 28 heavy (non-hydrogen) atoms. The summed E-state index contributed by atoms with van der Waals surface area (Å²) in [5.41, 5.74) is 9.56. The quantitative estimate of drug-likeness (QED) is 0.320. The number of hydrogen-bond donors (Lipinski definition) is 2. The van der Waals surface area contributed by atoms with E-state index >= 15 is 0 Å². The van der Waals surface area contributed by atoms with Gasteiger partial charge in [0.25, 0.3) is 0 Å². The van der Waals surface area contributed by atoms with Gasteiger partial charge in [-0.05, 0) is 48.4 Å². The normalized spacial score (nSPS) is 15.0. The van der Waals surface area contributed by atoms with Crippen molar-refractivity contribution in [1.29, 1.82) is 0 Å². The molecule has 1 aromatic carbocycles. The van der Waals surface area contributed by atoms with E-state index in [1.54, 1.807) is 6.20 Å². The maximum Gasteiger partial charge on any atom is 0.191 e. The molecule has 1 aliphatic heterocycles. The van der Waals surface area contributed by atoms with Crippen LogP contribution >= 0.6 is 35.6 Å². The molecular formula is C20H24ClIN6. The minimum atomic E-state index is 0. The lowest BCUT2D eigenvalue weighted by Crippen LogP contribution is -2.51. The summed E-state index contributed by atoms with van der Waals surface area (Å²) < 4.78 is 0. The molecule has 3 aromatic rings. The SMILES string of the molecule is I.NC(=NCCc1c[nH]c2ncccc12)N1CCN(c2ccc(Cl)cc2)CC1. The number of aliphatic imine (C=N–C) groups is 1. The third-order valence-electron chi connectivity index (χ3n) is 4.99. The zero-order valence-corrected chi connectivity index (χ0v) is 18.6. The van der Waals surface area contributed by atoms with Crippen LogP contribution in [0.15, 0.2) is 53.8 Å². The molecule has 3 N–H and O–H groups in total. The molecule has 8 heteroatoms. The van der Waals surface area contributed by atoms with Crippen LogP contribution in [0.4, 0.5) is 5.69 Å². The lowest BCUT2D eigenvalue weighted by molar-refractivity contribution is 0.381. The first-order valence-electron chi connectivity index (χ1n) is 9.17. The standard InChI is InChI=1S/C20H23ClN6.HI/c21-16-3-5-17(6-4-16)26-10-12-27(13-11-26)20(22)24-9-7-15-14-25-19-18(15)2-1-8-23-19;/h1-6,8,14H,7,9-13H2,(H2,22,24)(H,23,25);1H. The van der Waals surface area contributed by atoms with Crippen molar-refractivity contribution < 1.29 is 0 Å². The highest BCUT2D eigenvalue weighted by molar-refractivity contribution is 14.0. The van der Waals surface area contributed by atoms with Crippen molar-refractivity contribution in [1.82, 2.24) is 14.9 Å². The van der Waals surface area contributed by atoms with E-state index in [0.29, 0.717) is 12.5 Å². The molecule has 1 saturated heterocycles. The molecule has 0 radical (unpaired) electrons. The molecule has 0 spiro atoms. The van der Waals surface area contributed by atoms with Crippen molar-refractivity contribution in [3.8, 4) is 0 Å². The highest BCUT2D eigenvalue weighted by atomic mass is 127. The number of benzene rings is 1. The first-order chi connectivity index (χ1) is 13.2. The van der Waals surface area contributed by atoms with Gasteiger partial charge in [-0.1, -0.05) is 11.6 Å². The number of nitrogens with one attached hydrogen (secondary N) is 1. The van der Waals surface area contributed by atoms with Gasteiger partial charge >= 0.3 is 0 Å². The maximum absolute atomic E-state index is 6.22. The fraction of sp³-hybridized carbons (Fsp3) is 0.300. The Hall–Kier alpha value is -2.00. The molecule has 1 fully saturated rings. The fourth-order valence-corrected chi connectivity index (χ4v) is 3.58. The minimum Gasteiger partial charge on any atom is -0.370 e. The highest BCUT2D eigenvalue weighted by Gasteiger charge is 2.18. The average molecular weight is 511 g/mol. The van der Waals surface area contributed by atoms with Gasteiger partial charge in [-0.25, -0.2) is 4.98 Å². The van der Waals surface area contributed by atoms with Gasteiger partial charge in [-0.15, -0.1) is 24.0 Å². The number of piperazine rings is 1. The van der Waals surface area contributed by atoms with Gasteiger partial charge in [-0.3, -0.25) is 4.99 Å². The molecule has 0 unspecified atom stereocenters. The number of rotatable bonds is 4. The molecule has 0 atom stereocenters. The summed E-state index contributed by atoms with van der Waals surface area (Å²) in [5, 5.41) is 1.92. The Morgan fingerprint density at radius 3 is 2.64 bits per heavy atom. The van der Waals surface area contributed by atoms with Crippen LogP contribution in [0.3, 0.4) is 0 Å². The highest BCUT2D eigenvalue weighted by Crippen LogP contribution is 2.19. The summed E-state index contributed by atoms with van der Waals surface area (Å²) >= 11 is 5.97. The van der Waals surface area contributed by atoms with Crippen LogP contribution in [0.5, 0.6) is 0 Å². The monoisotopic (exact) mass is 510 g/mol. The zero-order chi connectivity index (χ0) is 18.6. The molecule has 0 amide bonds. The van der Waals surface area contributed by atoms with Crippen molar-refractivity contribution in [2.24, 2.45) is 10.7 Å². The number of nitrogens with zero attached hydrogens (tertiary/aromatic N) is 4. The third-order valence-corrected chi connectivity index (χ3v) is 5.24. The van der Waals surface area contributed by atoms with E-state index in [0.717, 1.165) is 48.7 Å². The zero-order valence-electron chi connectivity index (χ0n) is 15.5. The fourth-order valence-electron chi connectivity index (χ4n) is 3.46. The second-order valence-electron chi connectivity index (χ2n) is 6.65. The van der Waals surface area contributed by atoms with Gasteiger partial charge in [0.15, 0.2) is 5.96 Å². The van der Waals surface area contributed by atoms with Gasteiger partial charge in [0, 0.05) is 61.2 Å². The van der Waals surface area contributed by atoms with Crippen LogP contribution in [0, 0.1) is 0 Å². The van der Waals surface area contributed by atoms with E-state index in [4.69, 9.17) is 17.3 Å². The summed E-state index contributed by atoms with van der Waals surface area (Å²) in [5.74, 6) is 0.628. The summed E-state index contributed by atoms with van der Waals surface area (Å²) in [7, 11) is 0. The molecular weight excluding hydrogens is 487 g/mol. The predicted molar refractivity (Wildman–Crippen MR) is 127 cm³/mol. The van der Waals surface area contributed by atoms with Crippen molar-refractivity contribution in [3.63, 3.8) is 0 Å². The first-order valence-corrected chi connectivity index (χ1v) is 9.55. The number of anilines is 1. The number of hydrogen-bond acceptors (Lipinski definition) is 3.